The summed E-state index contributed by atoms with van der Waals surface area (Å²) in [5, 5.41) is 2.95. The Bertz CT molecular complexity index is 1070. The van der Waals surface area contributed by atoms with Crippen LogP contribution in [0.5, 0.6) is 11.5 Å². The fourth-order valence-corrected chi connectivity index (χ4v) is 3.44. The second kappa shape index (κ2) is 8.45. The highest BCUT2D eigenvalue weighted by Gasteiger charge is 2.22. The zero-order valence-electron chi connectivity index (χ0n) is 17.4. The van der Waals surface area contributed by atoms with Crippen molar-refractivity contribution in [3.05, 3.63) is 71.8 Å². The first-order valence-corrected chi connectivity index (χ1v) is 9.94. The number of amides is 1. The molecule has 0 fully saturated rings. The third-order valence-corrected chi connectivity index (χ3v) is 5.02. The highest BCUT2D eigenvalue weighted by Crippen LogP contribution is 2.31. The van der Waals surface area contributed by atoms with Crippen LogP contribution in [0.2, 0.25) is 0 Å². The normalized spacial score (nSPS) is 14.8. The van der Waals surface area contributed by atoms with Gasteiger partial charge in [0.1, 0.15) is 18.5 Å². The molecular weight excluding hydrogens is 378 g/mol. The summed E-state index contributed by atoms with van der Waals surface area (Å²) < 4.78 is 11.6. The van der Waals surface area contributed by atoms with Crippen LogP contribution in [0.15, 0.2) is 60.7 Å². The van der Waals surface area contributed by atoms with Gasteiger partial charge in [-0.15, -0.1) is 0 Å². The minimum atomic E-state index is -0.245. The van der Waals surface area contributed by atoms with Crippen molar-refractivity contribution in [2.24, 2.45) is 0 Å². The number of fused-ring (bicyclic) bond motifs is 1. The molecule has 0 unspecified atom stereocenters. The van der Waals surface area contributed by atoms with Gasteiger partial charge in [0.25, 0.3) is 5.91 Å². The lowest BCUT2D eigenvalue weighted by Gasteiger charge is -2.26. The van der Waals surface area contributed by atoms with Crippen molar-refractivity contribution in [3.63, 3.8) is 0 Å². The fraction of sp³-hybridized carbons (Fsp3) is 0.250. The predicted octanol–water partition coefficient (Wildman–Crippen LogP) is 3.69. The number of para-hydroxylation sites is 2. The number of ether oxygens (including phenoxy) is 2. The van der Waals surface area contributed by atoms with Crippen LogP contribution in [0.25, 0.3) is 11.3 Å². The molecule has 154 valence electrons. The van der Waals surface area contributed by atoms with Crippen molar-refractivity contribution in [3.8, 4) is 22.8 Å². The number of aromatic nitrogens is 1. The fourth-order valence-electron chi connectivity index (χ4n) is 3.44. The number of nitrogens with zero attached hydrogens (tertiary/aromatic N) is 2. The van der Waals surface area contributed by atoms with Crippen LogP contribution >= 0.6 is 0 Å². The average Bonchev–Trinajstić information content (AvgIpc) is 2.77. The van der Waals surface area contributed by atoms with Gasteiger partial charge in [0.05, 0.1) is 17.8 Å². The molecule has 1 aromatic heterocycles. The lowest BCUT2D eigenvalue weighted by atomic mass is 10.0. The van der Waals surface area contributed by atoms with Gasteiger partial charge in [-0.3, -0.25) is 4.79 Å². The molecule has 6 nitrogen and oxygen atoms in total. The van der Waals surface area contributed by atoms with Crippen LogP contribution in [-0.4, -0.2) is 44.2 Å². The van der Waals surface area contributed by atoms with Gasteiger partial charge in [-0.1, -0.05) is 36.4 Å². The van der Waals surface area contributed by atoms with E-state index in [2.05, 4.69) is 18.3 Å². The van der Waals surface area contributed by atoms with Gasteiger partial charge in [-0.05, 0) is 36.8 Å². The number of hydrogen-bond donors (Lipinski definition) is 1. The molecule has 0 saturated heterocycles. The Morgan fingerprint density at radius 2 is 1.80 bits per heavy atom. The Hall–Kier alpha value is -3.54. The number of nitrogens with one attached hydrogen (secondary N) is 1. The van der Waals surface area contributed by atoms with E-state index in [1.54, 1.807) is 0 Å². The predicted molar refractivity (Wildman–Crippen MR) is 117 cm³/mol. The standard InChI is InChI=1S/C24H25N3O3/c1-16-8-4-5-9-18(16)20-13-12-19(23(26-20)27(2)3)24(28)25-14-17-15-29-21-10-6-7-11-22(21)30-17/h4-13,17H,14-15H2,1-3H3,(H,25,28)/t17-/m0/s1. The molecular formula is C24H25N3O3. The number of rotatable bonds is 5. The van der Waals surface area contributed by atoms with E-state index in [9.17, 15) is 4.79 Å². The summed E-state index contributed by atoms with van der Waals surface area (Å²) in [4.78, 5) is 19.5. The minimum Gasteiger partial charge on any atom is -0.486 e. The molecule has 1 amide bonds. The number of carbonyl (C=O) groups is 1. The smallest absolute Gasteiger partial charge is 0.255 e. The summed E-state index contributed by atoms with van der Waals surface area (Å²) >= 11 is 0. The summed E-state index contributed by atoms with van der Waals surface area (Å²) in [5.74, 6) is 1.86. The number of aryl methyl sites for hydroxylation is 1. The summed E-state index contributed by atoms with van der Waals surface area (Å²) in [6.45, 7) is 2.79. The van der Waals surface area contributed by atoms with Gasteiger partial charge in [0.15, 0.2) is 11.5 Å². The first-order valence-electron chi connectivity index (χ1n) is 9.94. The number of carbonyl (C=O) groups excluding carboxylic acids is 1. The molecule has 0 spiro atoms. The molecule has 0 aliphatic carbocycles. The zero-order chi connectivity index (χ0) is 21.1. The molecule has 0 radical (unpaired) electrons. The number of anilines is 1. The van der Waals surface area contributed by atoms with Crippen LogP contribution in [0.3, 0.4) is 0 Å². The molecule has 30 heavy (non-hydrogen) atoms. The molecule has 0 saturated carbocycles. The van der Waals surface area contributed by atoms with Crippen LogP contribution in [0.1, 0.15) is 15.9 Å². The lowest BCUT2D eigenvalue weighted by molar-refractivity contribution is 0.0789. The van der Waals surface area contributed by atoms with Crippen LogP contribution in [0.4, 0.5) is 5.82 Å². The number of pyridine rings is 1. The van der Waals surface area contributed by atoms with Crippen LogP contribution in [-0.2, 0) is 0 Å². The SMILES string of the molecule is Cc1ccccc1-c1ccc(C(=O)NC[C@H]2COc3ccccc3O2)c(N(C)C)n1. The molecule has 1 aliphatic rings. The molecule has 1 aliphatic heterocycles. The van der Waals surface area contributed by atoms with E-state index in [1.807, 2.05) is 73.6 Å². The highest BCUT2D eigenvalue weighted by atomic mass is 16.6. The maximum atomic E-state index is 12.9. The quantitative estimate of drug-likeness (QED) is 0.704. The van der Waals surface area contributed by atoms with E-state index >= 15 is 0 Å². The Labute approximate surface area is 176 Å². The Kier molecular flexibility index (Phi) is 5.57. The van der Waals surface area contributed by atoms with E-state index in [1.165, 1.54) is 0 Å². The Balaban J connectivity index is 1.49. The van der Waals surface area contributed by atoms with E-state index in [0.717, 1.165) is 22.6 Å². The summed E-state index contributed by atoms with van der Waals surface area (Å²) in [6.07, 6.45) is -0.245. The van der Waals surface area contributed by atoms with E-state index in [-0.39, 0.29) is 12.0 Å². The molecule has 2 aromatic carbocycles. The largest absolute Gasteiger partial charge is 0.486 e. The molecule has 2 heterocycles. The maximum absolute atomic E-state index is 12.9. The van der Waals surface area contributed by atoms with Crippen molar-refractivity contribution in [2.45, 2.75) is 13.0 Å². The van der Waals surface area contributed by atoms with E-state index in [4.69, 9.17) is 14.5 Å². The highest BCUT2D eigenvalue weighted by molar-refractivity contribution is 5.99. The first-order chi connectivity index (χ1) is 14.5. The number of hydrogen-bond acceptors (Lipinski definition) is 5. The van der Waals surface area contributed by atoms with Gasteiger partial charge in [0, 0.05) is 19.7 Å². The summed E-state index contributed by atoms with van der Waals surface area (Å²) in [5.41, 5.74) is 3.56. The minimum absolute atomic E-state index is 0.190. The monoisotopic (exact) mass is 403 g/mol. The van der Waals surface area contributed by atoms with Gasteiger partial charge >= 0.3 is 0 Å². The second-order valence-corrected chi connectivity index (χ2v) is 7.48. The Morgan fingerprint density at radius 1 is 1.07 bits per heavy atom. The van der Waals surface area contributed by atoms with Crippen LogP contribution in [0, 0.1) is 6.92 Å². The summed E-state index contributed by atoms with van der Waals surface area (Å²) in [7, 11) is 3.77. The van der Waals surface area contributed by atoms with Crippen molar-refractivity contribution >= 4 is 11.7 Å². The molecule has 4 rings (SSSR count). The third kappa shape index (κ3) is 4.08. The first kappa shape index (κ1) is 19.8. The Morgan fingerprint density at radius 3 is 2.57 bits per heavy atom. The maximum Gasteiger partial charge on any atom is 0.255 e. The molecule has 3 aromatic rings. The van der Waals surface area contributed by atoms with Crippen molar-refractivity contribution in [1.82, 2.24) is 10.3 Å². The van der Waals surface area contributed by atoms with Gasteiger partial charge in [0.2, 0.25) is 0 Å². The van der Waals surface area contributed by atoms with Crippen LogP contribution < -0.4 is 19.7 Å². The lowest BCUT2D eigenvalue weighted by Crippen LogP contribution is -2.41. The zero-order valence-corrected chi connectivity index (χ0v) is 17.4. The number of benzene rings is 2. The van der Waals surface area contributed by atoms with Crippen molar-refractivity contribution in [1.29, 1.82) is 0 Å². The van der Waals surface area contributed by atoms with E-state index in [0.29, 0.717) is 30.3 Å². The topological polar surface area (TPSA) is 63.7 Å². The van der Waals surface area contributed by atoms with E-state index < -0.39 is 0 Å². The van der Waals surface area contributed by atoms with Crippen molar-refractivity contribution < 1.29 is 14.3 Å². The molecule has 6 heteroatoms. The average molecular weight is 403 g/mol. The molecule has 1 atom stereocenters. The molecule has 0 bridgehead atoms. The van der Waals surface area contributed by atoms with Gasteiger partial charge < -0.3 is 19.7 Å². The van der Waals surface area contributed by atoms with Gasteiger partial charge in [-0.2, -0.15) is 0 Å². The molecule has 1 N–H and O–H groups in total. The third-order valence-electron chi connectivity index (χ3n) is 5.02. The second-order valence-electron chi connectivity index (χ2n) is 7.48. The van der Waals surface area contributed by atoms with Gasteiger partial charge in [-0.25, -0.2) is 4.98 Å². The van der Waals surface area contributed by atoms with Crippen molar-refractivity contribution in [2.75, 3.05) is 32.1 Å². The summed E-state index contributed by atoms with van der Waals surface area (Å²) in [6, 6.07) is 19.3.